The van der Waals surface area contributed by atoms with E-state index in [1.807, 2.05) is 44.7 Å². The number of likely N-dealkylation sites (tertiary alicyclic amines) is 1. The predicted molar refractivity (Wildman–Crippen MR) is 108 cm³/mol. The predicted octanol–water partition coefficient (Wildman–Crippen LogP) is 3.42. The van der Waals surface area contributed by atoms with E-state index in [1.165, 1.54) is 5.56 Å². The van der Waals surface area contributed by atoms with Crippen LogP contribution >= 0.6 is 0 Å². The molecule has 0 bridgehead atoms. The second-order valence-corrected chi connectivity index (χ2v) is 8.64. The summed E-state index contributed by atoms with van der Waals surface area (Å²) in [6, 6.07) is 8.14. The summed E-state index contributed by atoms with van der Waals surface area (Å²) in [7, 11) is 1.66. The number of nitrogens with zero attached hydrogens (tertiary/aromatic N) is 1. The van der Waals surface area contributed by atoms with Crippen LogP contribution in [0.5, 0.6) is 5.75 Å². The van der Waals surface area contributed by atoms with Crippen molar-refractivity contribution < 1.29 is 14.3 Å². The molecule has 1 aromatic rings. The van der Waals surface area contributed by atoms with Gasteiger partial charge in [-0.25, -0.2) is 0 Å². The van der Waals surface area contributed by atoms with Crippen LogP contribution in [-0.4, -0.2) is 43.0 Å². The number of amides is 2. The lowest BCUT2D eigenvalue weighted by atomic mass is 9.90. The number of ether oxygens (including phenoxy) is 1. The molecule has 2 amide bonds. The molecule has 150 valence electrons. The van der Waals surface area contributed by atoms with Crippen molar-refractivity contribution in [2.75, 3.05) is 20.2 Å². The zero-order chi connectivity index (χ0) is 20.0. The van der Waals surface area contributed by atoms with Crippen LogP contribution in [0.2, 0.25) is 0 Å². The minimum Gasteiger partial charge on any atom is -0.497 e. The van der Waals surface area contributed by atoms with Gasteiger partial charge in [-0.3, -0.25) is 9.59 Å². The average Bonchev–Trinajstić information content (AvgIpc) is 2.65. The Morgan fingerprint density at radius 1 is 1.26 bits per heavy atom. The van der Waals surface area contributed by atoms with E-state index >= 15 is 0 Å². The van der Waals surface area contributed by atoms with E-state index in [1.54, 1.807) is 7.11 Å². The fourth-order valence-corrected chi connectivity index (χ4v) is 3.46. The summed E-state index contributed by atoms with van der Waals surface area (Å²) in [5, 5.41) is 3.14. The number of aryl methyl sites for hydroxylation is 1. The van der Waals surface area contributed by atoms with Gasteiger partial charge in [-0.2, -0.15) is 0 Å². The third-order valence-corrected chi connectivity index (χ3v) is 5.13. The van der Waals surface area contributed by atoms with Gasteiger partial charge in [0.15, 0.2) is 0 Å². The van der Waals surface area contributed by atoms with Gasteiger partial charge in [0.2, 0.25) is 11.8 Å². The molecule has 1 aliphatic heterocycles. The van der Waals surface area contributed by atoms with Gasteiger partial charge in [-0.1, -0.05) is 32.9 Å². The van der Waals surface area contributed by atoms with Crippen molar-refractivity contribution in [1.29, 1.82) is 0 Å². The number of carbonyl (C=O) groups excluding carboxylic acids is 2. The van der Waals surface area contributed by atoms with E-state index < -0.39 is 5.41 Å². The van der Waals surface area contributed by atoms with E-state index in [0.29, 0.717) is 6.54 Å². The SMILES string of the molecule is COc1ccc(CC[C@@H](C)NC(=O)[C@@H]2CCCN(C(=O)C(C)(C)C)C2)cc1. The highest BCUT2D eigenvalue weighted by Gasteiger charge is 2.33. The molecule has 1 N–H and O–H groups in total. The molecule has 1 fully saturated rings. The van der Waals surface area contributed by atoms with Crippen molar-refractivity contribution in [3.8, 4) is 5.75 Å². The third-order valence-electron chi connectivity index (χ3n) is 5.13. The van der Waals surface area contributed by atoms with Crippen molar-refractivity contribution in [2.45, 2.75) is 59.4 Å². The van der Waals surface area contributed by atoms with Crippen LogP contribution in [0.1, 0.15) is 52.5 Å². The highest BCUT2D eigenvalue weighted by molar-refractivity contribution is 5.84. The first-order valence-electron chi connectivity index (χ1n) is 9.93. The Labute approximate surface area is 163 Å². The van der Waals surface area contributed by atoms with Crippen molar-refractivity contribution in [2.24, 2.45) is 11.3 Å². The molecule has 0 unspecified atom stereocenters. The molecule has 27 heavy (non-hydrogen) atoms. The van der Waals surface area contributed by atoms with E-state index in [4.69, 9.17) is 4.74 Å². The molecule has 0 radical (unpaired) electrons. The average molecular weight is 375 g/mol. The van der Waals surface area contributed by atoms with Gasteiger partial charge in [-0.15, -0.1) is 0 Å². The second kappa shape index (κ2) is 9.25. The highest BCUT2D eigenvalue weighted by Crippen LogP contribution is 2.24. The first-order valence-corrected chi connectivity index (χ1v) is 9.93. The van der Waals surface area contributed by atoms with Crippen LogP contribution in [0.15, 0.2) is 24.3 Å². The Kier molecular flexibility index (Phi) is 7.28. The normalized spacial score (nSPS) is 18.7. The molecule has 2 rings (SSSR count). The largest absolute Gasteiger partial charge is 0.497 e. The van der Waals surface area contributed by atoms with Gasteiger partial charge in [0, 0.05) is 24.5 Å². The summed E-state index contributed by atoms with van der Waals surface area (Å²) in [5.74, 6) is 0.955. The fraction of sp³-hybridized carbons (Fsp3) is 0.636. The number of piperidine rings is 1. The Morgan fingerprint density at radius 3 is 2.52 bits per heavy atom. The Balaban J connectivity index is 1.81. The molecule has 1 aromatic carbocycles. The van der Waals surface area contributed by atoms with Crippen molar-refractivity contribution in [3.05, 3.63) is 29.8 Å². The minimum atomic E-state index is -0.399. The van der Waals surface area contributed by atoms with E-state index in [-0.39, 0.29) is 23.8 Å². The van der Waals surface area contributed by atoms with Gasteiger partial charge in [-0.05, 0) is 50.3 Å². The lowest BCUT2D eigenvalue weighted by Gasteiger charge is -2.36. The summed E-state index contributed by atoms with van der Waals surface area (Å²) in [5.41, 5.74) is 0.834. The monoisotopic (exact) mass is 374 g/mol. The lowest BCUT2D eigenvalue weighted by Crippen LogP contribution is -2.49. The van der Waals surface area contributed by atoms with Gasteiger partial charge in [0.1, 0.15) is 5.75 Å². The minimum absolute atomic E-state index is 0.0728. The van der Waals surface area contributed by atoms with Crippen LogP contribution in [0.4, 0.5) is 0 Å². The molecule has 5 heteroatoms. The summed E-state index contributed by atoms with van der Waals surface area (Å²) >= 11 is 0. The van der Waals surface area contributed by atoms with E-state index in [9.17, 15) is 9.59 Å². The molecule has 1 aliphatic rings. The number of methoxy groups -OCH3 is 1. The van der Waals surface area contributed by atoms with Gasteiger partial charge >= 0.3 is 0 Å². The molecule has 1 saturated heterocycles. The smallest absolute Gasteiger partial charge is 0.227 e. The van der Waals surface area contributed by atoms with Gasteiger partial charge in [0.25, 0.3) is 0 Å². The molecule has 5 nitrogen and oxygen atoms in total. The zero-order valence-electron chi connectivity index (χ0n) is 17.4. The maximum absolute atomic E-state index is 12.7. The number of carbonyl (C=O) groups is 2. The zero-order valence-corrected chi connectivity index (χ0v) is 17.4. The number of benzene rings is 1. The van der Waals surface area contributed by atoms with Crippen LogP contribution in [0, 0.1) is 11.3 Å². The number of rotatable bonds is 6. The summed E-state index contributed by atoms with van der Waals surface area (Å²) in [4.78, 5) is 27.0. The first kappa shape index (κ1) is 21.3. The van der Waals surface area contributed by atoms with Gasteiger partial charge < -0.3 is 15.0 Å². The fourth-order valence-electron chi connectivity index (χ4n) is 3.46. The lowest BCUT2D eigenvalue weighted by molar-refractivity contribution is -0.142. The van der Waals surface area contributed by atoms with Crippen molar-refractivity contribution in [3.63, 3.8) is 0 Å². The molecule has 0 saturated carbocycles. The second-order valence-electron chi connectivity index (χ2n) is 8.64. The number of hydrogen-bond donors (Lipinski definition) is 1. The number of nitrogens with one attached hydrogen (secondary N) is 1. The van der Waals surface area contributed by atoms with Crippen molar-refractivity contribution >= 4 is 11.8 Å². The Hall–Kier alpha value is -2.04. The Bertz CT molecular complexity index is 634. The van der Waals surface area contributed by atoms with Crippen molar-refractivity contribution in [1.82, 2.24) is 10.2 Å². The molecular weight excluding hydrogens is 340 g/mol. The standard InChI is InChI=1S/C22H34N2O3/c1-16(8-9-17-10-12-19(27-5)13-11-17)23-20(25)18-7-6-14-24(15-18)21(26)22(2,3)4/h10-13,16,18H,6-9,14-15H2,1-5H3,(H,23,25)/t16-,18-/m1/s1. The summed E-state index contributed by atoms with van der Waals surface area (Å²) in [6.45, 7) is 9.13. The maximum Gasteiger partial charge on any atom is 0.227 e. The van der Waals surface area contributed by atoms with Crippen LogP contribution in [0.3, 0.4) is 0 Å². The van der Waals surface area contributed by atoms with Gasteiger partial charge in [0.05, 0.1) is 13.0 Å². The summed E-state index contributed by atoms with van der Waals surface area (Å²) < 4.78 is 5.18. The quantitative estimate of drug-likeness (QED) is 0.830. The van der Waals surface area contributed by atoms with E-state index in [2.05, 4.69) is 17.4 Å². The molecular formula is C22H34N2O3. The number of hydrogen-bond acceptors (Lipinski definition) is 3. The maximum atomic E-state index is 12.7. The molecule has 0 aliphatic carbocycles. The molecule has 2 atom stereocenters. The highest BCUT2D eigenvalue weighted by atomic mass is 16.5. The van der Waals surface area contributed by atoms with Crippen LogP contribution < -0.4 is 10.1 Å². The topological polar surface area (TPSA) is 58.6 Å². The molecule has 0 aromatic heterocycles. The Morgan fingerprint density at radius 2 is 1.93 bits per heavy atom. The molecule has 0 spiro atoms. The van der Waals surface area contributed by atoms with Crippen LogP contribution in [-0.2, 0) is 16.0 Å². The van der Waals surface area contributed by atoms with E-state index in [0.717, 1.165) is 38.0 Å². The third kappa shape index (κ3) is 6.26. The molecule has 1 heterocycles. The summed E-state index contributed by atoms with van der Waals surface area (Å²) in [6.07, 6.45) is 3.53. The first-order chi connectivity index (χ1) is 12.7. The van der Waals surface area contributed by atoms with Crippen LogP contribution in [0.25, 0.3) is 0 Å².